The van der Waals surface area contributed by atoms with E-state index in [1.54, 1.807) is 18.3 Å². The van der Waals surface area contributed by atoms with E-state index < -0.39 is 29.2 Å². The van der Waals surface area contributed by atoms with Gasteiger partial charge in [-0.25, -0.2) is 4.98 Å². The minimum absolute atomic E-state index is 0.260. The first-order chi connectivity index (χ1) is 13.2. The van der Waals surface area contributed by atoms with Gasteiger partial charge in [-0.15, -0.1) is 0 Å². The maximum absolute atomic E-state index is 12.9. The summed E-state index contributed by atoms with van der Waals surface area (Å²) in [6.07, 6.45) is 2.47. The van der Waals surface area contributed by atoms with Crippen molar-refractivity contribution < 1.29 is 18.0 Å². The molecule has 0 saturated heterocycles. The van der Waals surface area contributed by atoms with Gasteiger partial charge in [0, 0.05) is 18.5 Å². The molecule has 28 heavy (non-hydrogen) atoms. The Hall–Kier alpha value is -2.64. The topological polar surface area (TPSA) is 64.0 Å². The van der Waals surface area contributed by atoms with Crippen molar-refractivity contribution in [3.05, 3.63) is 58.1 Å². The van der Waals surface area contributed by atoms with Crippen molar-refractivity contribution >= 4 is 11.7 Å². The van der Waals surface area contributed by atoms with Crippen LogP contribution in [0.1, 0.15) is 49.3 Å². The van der Waals surface area contributed by atoms with Crippen LogP contribution in [0.5, 0.6) is 0 Å². The number of nitrogens with one attached hydrogen (secondary N) is 1. The van der Waals surface area contributed by atoms with E-state index >= 15 is 0 Å². The maximum Gasteiger partial charge on any atom is 0.416 e. The summed E-state index contributed by atoms with van der Waals surface area (Å²) in [6.45, 7) is 1.86. The number of carbonyl (C=O) groups is 1. The second-order valence-corrected chi connectivity index (χ2v) is 7.27. The number of anilines is 1. The van der Waals surface area contributed by atoms with Crippen LogP contribution in [-0.2, 0) is 11.0 Å². The largest absolute Gasteiger partial charge is 0.416 e. The van der Waals surface area contributed by atoms with E-state index in [1.807, 2.05) is 6.92 Å². The van der Waals surface area contributed by atoms with Crippen LogP contribution >= 0.6 is 0 Å². The summed E-state index contributed by atoms with van der Waals surface area (Å²) in [5.74, 6) is 0.146. The van der Waals surface area contributed by atoms with Gasteiger partial charge >= 0.3 is 6.18 Å². The lowest BCUT2D eigenvalue weighted by molar-refractivity contribution is -0.137. The molecule has 2 aromatic heterocycles. The van der Waals surface area contributed by atoms with Crippen LogP contribution in [0.15, 0.2) is 41.5 Å². The molecule has 8 heteroatoms. The minimum Gasteiger partial charge on any atom is -0.309 e. The third-order valence-corrected chi connectivity index (χ3v) is 5.11. The van der Waals surface area contributed by atoms with E-state index in [0.717, 1.165) is 48.1 Å². The Bertz CT molecular complexity index is 885. The van der Waals surface area contributed by atoms with Gasteiger partial charge in [0.05, 0.1) is 5.56 Å². The van der Waals surface area contributed by atoms with Crippen LogP contribution in [0.4, 0.5) is 19.0 Å². The fourth-order valence-electron chi connectivity index (χ4n) is 3.58. The summed E-state index contributed by atoms with van der Waals surface area (Å²) >= 11 is 0. The van der Waals surface area contributed by atoms with E-state index in [-0.39, 0.29) is 5.92 Å². The molecule has 3 rings (SSSR count). The molecule has 0 aromatic carbocycles. The average Bonchev–Trinajstić information content (AvgIpc) is 3.14. The predicted octanol–water partition coefficient (Wildman–Crippen LogP) is 4.33. The van der Waals surface area contributed by atoms with Crippen molar-refractivity contribution in [2.24, 2.45) is 5.92 Å². The number of hydrogen-bond donors (Lipinski definition) is 1. The van der Waals surface area contributed by atoms with Crippen LogP contribution in [0.3, 0.4) is 0 Å². The number of alkyl halides is 3. The van der Waals surface area contributed by atoms with Gasteiger partial charge in [-0.2, -0.15) is 13.2 Å². The number of aromatic nitrogens is 2. The van der Waals surface area contributed by atoms with E-state index in [9.17, 15) is 22.8 Å². The van der Waals surface area contributed by atoms with Crippen LogP contribution in [0, 0.1) is 12.8 Å². The SMILES string of the molecule is Cc1ccc(NC(=O)C(CC2CCCC2)n2ccc(C(F)(F)F)cc2=O)nc1. The fourth-order valence-corrected chi connectivity index (χ4v) is 3.58. The van der Waals surface area contributed by atoms with Crippen LogP contribution in [0.25, 0.3) is 0 Å². The number of nitrogens with zero attached hydrogens (tertiary/aromatic N) is 2. The van der Waals surface area contributed by atoms with Gasteiger partial charge in [0.15, 0.2) is 0 Å². The lowest BCUT2D eigenvalue weighted by Crippen LogP contribution is -2.34. The van der Waals surface area contributed by atoms with Gasteiger partial charge in [0.25, 0.3) is 5.56 Å². The van der Waals surface area contributed by atoms with Gasteiger partial charge in [-0.05, 0) is 37.0 Å². The molecule has 2 heterocycles. The molecule has 5 nitrogen and oxygen atoms in total. The number of carbonyl (C=O) groups excluding carboxylic acids is 1. The van der Waals surface area contributed by atoms with Gasteiger partial charge in [-0.3, -0.25) is 9.59 Å². The summed E-state index contributed by atoms with van der Waals surface area (Å²) in [5.41, 5.74) is -0.932. The van der Waals surface area contributed by atoms with Gasteiger partial charge < -0.3 is 9.88 Å². The predicted molar refractivity (Wildman–Crippen MR) is 98.9 cm³/mol. The van der Waals surface area contributed by atoms with Crippen molar-refractivity contribution in [2.45, 2.75) is 51.2 Å². The first-order valence-electron chi connectivity index (χ1n) is 9.27. The molecule has 1 aliphatic carbocycles. The number of pyridine rings is 2. The summed E-state index contributed by atoms with van der Waals surface area (Å²) in [6, 6.07) is 3.93. The zero-order valence-corrected chi connectivity index (χ0v) is 15.5. The normalized spacial score (nSPS) is 16.1. The quantitative estimate of drug-likeness (QED) is 0.822. The third kappa shape index (κ3) is 4.79. The second-order valence-electron chi connectivity index (χ2n) is 7.27. The average molecular weight is 393 g/mol. The monoisotopic (exact) mass is 393 g/mol. The summed E-state index contributed by atoms with van der Waals surface area (Å²) in [7, 11) is 0. The highest BCUT2D eigenvalue weighted by atomic mass is 19.4. The molecule has 1 amide bonds. The lowest BCUT2D eigenvalue weighted by atomic mass is 9.97. The number of aryl methyl sites for hydroxylation is 1. The van der Waals surface area contributed by atoms with Gasteiger partial charge in [0.2, 0.25) is 5.91 Å². The molecule has 1 fully saturated rings. The minimum atomic E-state index is -4.60. The van der Waals surface area contributed by atoms with Crippen molar-refractivity contribution in [1.29, 1.82) is 0 Å². The molecule has 2 aromatic rings. The molecular formula is C20H22F3N3O2. The van der Waals surface area contributed by atoms with E-state index in [0.29, 0.717) is 18.3 Å². The van der Waals surface area contributed by atoms with Gasteiger partial charge in [-0.1, -0.05) is 31.7 Å². The van der Waals surface area contributed by atoms with E-state index in [4.69, 9.17) is 0 Å². The Morgan fingerprint density at radius 1 is 1.29 bits per heavy atom. The van der Waals surface area contributed by atoms with Crippen molar-refractivity contribution in [3.8, 4) is 0 Å². The fraction of sp³-hybridized carbons (Fsp3) is 0.450. The van der Waals surface area contributed by atoms with E-state index in [1.165, 1.54) is 0 Å². The number of rotatable bonds is 5. The summed E-state index contributed by atoms with van der Waals surface area (Å²) in [5, 5.41) is 2.68. The highest BCUT2D eigenvalue weighted by molar-refractivity contribution is 5.92. The molecule has 0 spiro atoms. The summed E-state index contributed by atoms with van der Waals surface area (Å²) < 4.78 is 39.7. The standard InChI is InChI=1S/C20H22F3N3O2/c1-13-6-7-17(24-12-13)25-19(28)16(10-14-4-2-3-5-14)26-9-8-15(11-18(26)27)20(21,22)23/h6-9,11-12,14,16H,2-5,10H2,1H3,(H,24,25,28). The molecule has 0 radical (unpaired) electrons. The maximum atomic E-state index is 12.9. The number of amides is 1. The second kappa shape index (κ2) is 8.16. The number of hydrogen-bond acceptors (Lipinski definition) is 3. The molecule has 0 aliphatic heterocycles. The Morgan fingerprint density at radius 3 is 2.57 bits per heavy atom. The zero-order chi connectivity index (χ0) is 20.3. The van der Waals surface area contributed by atoms with Crippen LogP contribution < -0.4 is 10.9 Å². The molecule has 1 atom stereocenters. The van der Waals surface area contributed by atoms with E-state index in [2.05, 4.69) is 10.3 Å². The molecule has 0 bridgehead atoms. The first-order valence-corrected chi connectivity index (χ1v) is 9.27. The van der Waals surface area contributed by atoms with Crippen molar-refractivity contribution in [2.75, 3.05) is 5.32 Å². The van der Waals surface area contributed by atoms with Gasteiger partial charge in [0.1, 0.15) is 11.9 Å². The Morgan fingerprint density at radius 2 is 2.00 bits per heavy atom. The molecule has 1 aliphatic rings. The Labute approximate surface area is 160 Å². The van der Waals surface area contributed by atoms with Crippen LogP contribution in [0.2, 0.25) is 0 Å². The molecule has 150 valence electrons. The molecule has 1 saturated carbocycles. The Kier molecular flexibility index (Phi) is 5.86. The van der Waals surface area contributed by atoms with Crippen molar-refractivity contribution in [1.82, 2.24) is 9.55 Å². The highest BCUT2D eigenvalue weighted by Crippen LogP contribution is 2.33. The third-order valence-electron chi connectivity index (χ3n) is 5.11. The first kappa shape index (κ1) is 20.1. The molecule has 1 N–H and O–H groups in total. The van der Waals surface area contributed by atoms with Crippen molar-refractivity contribution in [3.63, 3.8) is 0 Å². The smallest absolute Gasteiger partial charge is 0.309 e. The summed E-state index contributed by atoms with van der Waals surface area (Å²) in [4.78, 5) is 29.4. The zero-order valence-electron chi connectivity index (χ0n) is 15.5. The lowest BCUT2D eigenvalue weighted by Gasteiger charge is -2.22. The molecular weight excluding hydrogens is 371 g/mol. The highest BCUT2D eigenvalue weighted by Gasteiger charge is 2.33. The Balaban J connectivity index is 1.89. The number of halogens is 3. The van der Waals surface area contributed by atoms with Crippen LogP contribution in [-0.4, -0.2) is 15.5 Å². The molecule has 1 unspecified atom stereocenters.